The molecule has 5 heteroatoms. The molecule has 0 saturated heterocycles. The van der Waals surface area contributed by atoms with Gasteiger partial charge in [-0.3, -0.25) is 4.79 Å². The molecule has 0 saturated carbocycles. The Balaban J connectivity index is 1.77. The number of aryl methyl sites for hydroxylation is 2. The average molecular weight is 396 g/mol. The summed E-state index contributed by atoms with van der Waals surface area (Å²) in [6.07, 6.45) is 0. The predicted molar refractivity (Wildman–Crippen MR) is 113 cm³/mol. The van der Waals surface area contributed by atoms with Gasteiger partial charge in [-0.25, -0.2) is 0 Å². The number of methoxy groups -OCH3 is 1. The number of nitrogens with one attached hydrogen (secondary N) is 1. The molecule has 4 nitrogen and oxygen atoms in total. The third-order valence-corrected chi connectivity index (χ3v) is 4.49. The molecule has 0 aromatic heterocycles. The Morgan fingerprint density at radius 1 is 0.964 bits per heavy atom. The van der Waals surface area contributed by atoms with Crippen molar-refractivity contribution in [2.75, 3.05) is 12.4 Å². The smallest absolute Gasteiger partial charge is 0.255 e. The molecule has 0 aliphatic carbocycles. The minimum absolute atomic E-state index is 0.211. The van der Waals surface area contributed by atoms with Gasteiger partial charge in [0, 0.05) is 21.8 Å². The van der Waals surface area contributed by atoms with E-state index < -0.39 is 0 Å². The number of hydrogen-bond donors (Lipinski definition) is 1. The first-order valence-electron chi connectivity index (χ1n) is 8.89. The van der Waals surface area contributed by atoms with Crippen molar-refractivity contribution in [3.63, 3.8) is 0 Å². The number of halogens is 1. The Hall–Kier alpha value is -2.98. The van der Waals surface area contributed by atoms with E-state index in [1.54, 1.807) is 49.6 Å². The van der Waals surface area contributed by atoms with Gasteiger partial charge < -0.3 is 14.8 Å². The highest BCUT2D eigenvalue weighted by Crippen LogP contribution is 2.24. The van der Waals surface area contributed by atoms with Crippen molar-refractivity contribution in [1.82, 2.24) is 0 Å². The quantitative estimate of drug-likeness (QED) is 0.574. The van der Waals surface area contributed by atoms with Crippen LogP contribution in [0.3, 0.4) is 0 Å². The standard InChI is InChI=1S/C23H22ClNO3/c1-15-10-16(2)12-21(11-15)28-14-18-13-17(4-9-22(18)27-3)23(26)25-20-7-5-19(24)6-8-20/h4-13H,14H2,1-3H3,(H,25,26). The maximum absolute atomic E-state index is 12.6. The van der Waals surface area contributed by atoms with Crippen LogP contribution in [0.15, 0.2) is 60.7 Å². The first-order chi connectivity index (χ1) is 13.4. The first-order valence-corrected chi connectivity index (χ1v) is 9.27. The van der Waals surface area contributed by atoms with Crippen molar-refractivity contribution in [1.29, 1.82) is 0 Å². The van der Waals surface area contributed by atoms with E-state index in [0.29, 0.717) is 28.6 Å². The number of ether oxygens (including phenoxy) is 2. The summed E-state index contributed by atoms with van der Waals surface area (Å²) in [5.74, 6) is 1.25. The van der Waals surface area contributed by atoms with Crippen molar-refractivity contribution < 1.29 is 14.3 Å². The predicted octanol–water partition coefficient (Wildman–Crippen LogP) is 5.80. The molecule has 0 aliphatic heterocycles. The number of hydrogen-bond acceptors (Lipinski definition) is 3. The molecule has 0 atom stereocenters. The maximum atomic E-state index is 12.6. The topological polar surface area (TPSA) is 47.6 Å². The Bertz CT molecular complexity index is 963. The zero-order valence-electron chi connectivity index (χ0n) is 16.1. The number of amides is 1. The summed E-state index contributed by atoms with van der Waals surface area (Å²) in [5, 5.41) is 3.48. The summed E-state index contributed by atoms with van der Waals surface area (Å²) >= 11 is 5.88. The van der Waals surface area contributed by atoms with Crippen molar-refractivity contribution >= 4 is 23.2 Å². The Kier molecular flexibility index (Phi) is 6.22. The lowest BCUT2D eigenvalue weighted by Gasteiger charge is -2.13. The van der Waals surface area contributed by atoms with Gasteiger partial charge in [0.05, 0.1) is 7.11 Å². The molecule has 1 amide bonds. The molecular formula is C23H22ClNO3. The van der Waals surface area contributed by atoms with Crippen LogP contribution in [0.4, 0.5) is 5.69 Å². The van der Waals surface area contributed by atoms with Gasteiger partial charge in [0.15, 0.2) is 0 Å². The Labute approximate surface area is 170 Å². The fraction of sp³-hybridized carbons (Fsp3) is 0.174. The van der Waals surface area contributed by atoms with Crippen LogP contribution in [0.2, 0.25) is 5.02 Å². The third kappa shape index (κ3) is 5.05. The van der Waals surface area contributed by atoms with Crippen LogP contribution in [-0.2, 0) is 6.61 Å². The molecular weight excluding hydrogens is 374 g/mol. The minimum atomic E-state index is -0.211. The van der Waals surface area contributed by atoms with E-state index >= 15 is 0 Å². The van der Waals surface area contributed by atoms with Gasteiger partial charge in [0.25, 0.3) is 5.91 Å². The molecule has 3 aromatic rings. The molecule has 0 unspecified atom stereocenters. The van der Waals surface area contributed by atoms with Crippen molar-refractivity contribution in [2.45, 2.75) is 20.5 Å². The van der Waals surface area contributed by atoms with E-state index in [-0.39, 0.29) is 5.91 Å². The molecule has 0 fully saturated rings. The Morgan fingerprint density at radius 2 is 1.64 bits per heavy atom. The van der Waals surface area contributed by atoms with Gasteiger partial charge in [-0.1, -0.05) is 17.7 Å². The van der Waals surface area contributed by atoms with E-state index in [2.05, 4.69) is 11.4 Å². The molecule has 0 spiro atoms. The normalized spacial score (nSPS) is 10.4. The number of carbonyl (C=O) groups is 1. The van der Waals surface area contributed by atoms with Crippen LogP contribution in [-0.4, -0.2) is 13.0 Å². The summed E-state index contributed by atoms with van der Waals surface area (Å²) < 4.78 is 11.4. The zero-order chi connectivity index (χ0) is 20.1. The van der Waals surface area contributed by atoms with Gasteiger partial charge in [-0.05, 0) is 79.6 Å². The van der Waals surface area contributed by atoms with E-state index in [4.69, 9.17) is 21.1 Å². The molecule has 3 rings (SSSR count). The summed E-state index contributed by atoms with van der Waals surface area (Å²) in [4.78, 5) is 12.6. The van der Waals surface area contributed by atoms with Crippen LogP contribution in [0, 0.1) is 13.8 Å². The van der Waals surface area contributed by atoms with Gasteiger partial charge in [0.1, 0.15) is 18.1 Å². The number of rotatable bonds is 6. The summed E-state index contributed by atoms with van der Waals surface area (Å²) in [5.41, 5.74) is 4.27. The molecule has 0 radical (unpaired) electrons. The molecule has 144 valence electrons. The van der Waals surface area contributed by atoms with Gasteiger partial charge in [-0.2, -0.15) is 0 Å². The average Bonchev–Trinajstić information content (AvgIpc) is 2.67. The van der Waals surface area contributed by atoms with Crippen LogP contribution in [0.1, 0.15) is 27.0 Å². The van der Waals surface area contributed by atoms with E-state index in [0.717, 1.165) is 22.4 Å². The van der Waals surface area contributed by atoms with Crippen molar-refractivity contribution in [2.24, 2.45) is 0 Å². The first kappa shape index (κ1) is 19.8. The molecule has 28 heavy (non-hydrogen) atoms. The van der Waals surface area contributed by atoms with Crippen LogP contribution in [0.25, 0.3) is 0 Å². The second kappa shape index (κ2) is 8.81. The second-order valence-electron chi connectivity index (χ2n) is 6.60. The summed E-state index contributed by atoms with van der Waals surface area (Å²) in [7, 11) is 1.60. The van der Waals surface area contributed by atoms with Crippen molar-refractivity contribution in [3.05, 3.63) is 87.9 Å². The zero-order valence-corrected chi connectivity index (χ0v) is 16.8. The Morgan fingerprint density at radius 3 is 2.29 bits per heavy atom. The minimum Gasteiger partial charge on any atom is -0.496 e. The molecule has 3 aromatic carbocycles. The SMILES string of the molecule is COc1ccc(C(=O)Nc2ccc(Cl)cc2)cc1COc1cc(C)cc(C)c1. The van der Waals surface area contributed by atoms with E-state index in [9.17, 15) is 4.79 Å². The molecule has 0 aliphatic rings. The number of benzene rings is 3. The lowest BCUT2D eigenvalue weighted by molar-refractivity contribution is 0.102. The van der Waals surface area contributed by atoms with Crippen molar-refractivity contribution in [3.8, 4) is 11.5 Å². The lowest BCUT2D eigenvalue weighted by Crippen LogP contribution is -2.12. The van der Waals surface area contributed by atoms with Gasteiger partial charge in [-0.15, -0.1) is 0 Å². The second-order valence-corrected chi connectivity index (χ2v) is 7.04. The molecule has 0 bridgehead atoms. The van der Waals surface area contributed by atoms with Gasteiger partial charge >= 0.3 is 0 Å². The van der Waals surface area contributed by atoms with Crippen LogP contribution < -0.4 is 14.8 Å². The fourth-order valence-electron chi connectivity index (χ4n) is 2.95. The fourth-order valence-corrected chi connectivity index (χ4v) is 3.07. The summed E-state index contributed by atoms with van der Waals surface area (Å²) in [6.45, 7) is 4.36. The largest absolute Gasteiger partial charge is 0.496 e. The van der Waals surface area contributed by atoms with E-state index in [1.807, 2.05) is 26.0 Å². The van der Waals surface area contributed by atoms with Gasteiger partial charge in [0.2, 0.25) is 0 Å². The highest BCUT2D eigenvalue weighted by molar-refractivity contribution is 6.30. The highest BCUT2D eigenvalue weighted by atomic mass is 35.5. The van der Waals surface area contributed by atoms with E-state index in [1.165, 1.54) is 0 Å². The van der Waals surface area contributed by atoms with Crippen LogP contribution in [0.5, 0.6) is 11.5 Å². The molecule has 0 heterocycles. The third-order valence-electron chi connectivity index (χ3n) is 4.23. The molecule has 1 N–H and O–H groups in total. The maximum Gasteiger partial charge on any atom is 0.255 e. The number of carbonyl (C=O) groups excluding carboxylic acids is 1. The number of anilines is 1. The van der Waals surface area contributed by atoms with Crippen LogP contribution >= 0.6 is 11.6 Å². The monoisotopic (exact) mass is 395 g/mol. The lowest BCUT2D eigenvalue weighted by atomic mass is 10.1. The highest BCUT2D eigenvalue weighted by Gasteiger charge is 2.12. The summed E-state index contributed by atoms with van der Waals surface area (Å²) in [6, 6.07) is 18.3.